The van der Waals surface area contributed by atoms with E-state index in [1.165, 1.54) is 0 Å². The van der Waals surface area contributed by atoms with Crippen molar-refractivity contribution in [3.8, 4) is 5.75 Å². The van der Waals surface area contributed by atoms with Crippen LogP contribution >= 0.6 is 0 Å². The third-order valence-electron chi connectivity index (χ3n) is 3.59. The van der Waals surface area contributed by atoms with Gasteiger partial charge in [-0.2, -0.15) is 0 Å². The molecule has 110 valence electrons. The Kier molecular flexibility index (Phi) is 3.79. The Balaban J connectivity index is 1.99. The van der Waals surface area contributed by atoms with Crippen LogP contribution in [-0.2, 0) is 0 Å². The molecule has 0 saturated heterocycles. The number of hydrogen-bond acceptors (Lipinski definition) is 2. The summed E-state index contributed by atoms with van der Waals surface area (Å²) in [5.74, 6) is 0.400. The second-order valence-corrected chi connectivity index (χ2v) is 5.22. The van der Waals surface area contributed by atoms with Crippen molar-refractivity contribution in [2.24, 2.45) is 0 Å². The number of amides is 1. The van der Waals surface area contributed by atoms with Crippen LogP contribution in [0.15, 0.2) is 60.7 Å². The number of aryl methyl sites for hydroxylation is 1. The van der Waals surface area contributed by atoms with Gasteiger partial charge in [0.15, 0.2) is 0 Å². The molecule has 0 spiro atoms. The zero-order valence-corrected chi connectivity index (χ0v) is 12.6. The molecule has 1 N–H and O–H groups in total. The molecule has 3 aromatic rings. The van der Waals surface area contributed by atoms with E-state index in [0.29, 0.717) is 11.3 Å². The van der Waals surface area contributed by atoms with Gasteiger partial charge in [0.05, 0.1) is 12.7 Å². The summed E-state index contributed by atoms with van der Waals surface area (Å²) < 4.78 is 5.38. The predicted octanol–water partition coefficient (Wildman–Crippen LogP) is 4.41. The first kappa shape index (κ1) is 14.1. The lowest BCUT2D eigenvalue weighted by Crippen LogP contribution is -2.13. The van der Waals surface area contributed by atoms with Crippen molar-refractivity contribution in [1.29, 1.82) is 0 Å². The average molecular weight is 291 g/mol. The number of benzene rings is 3. The molecule has 0 aliphatic rings. The molecule has 0 fully saturated rings. The fourth-order valence-corrected chi connectivity index (χ4v) is 2.49. The fraction of sp³-hybridized carbons (Fsp3) is 0.105. The van der Waals surface area contributed by atoms with Gasteiger partial charge in [-0.1, -0.05) is 36.4 Å². The van der Waals surface area contributed by atoms with E-state index in [1.54, 1.807) is 7.11 Å². The summed E-state index contributed by atoms with van der Waals surface area (Å²) in [6, 6.07) is 19.4. The monoisotopic (exact) mass is 291 g/mol. The fourth-order valence-electron chi connectivity index (χ4n) is 2.49. The summed E-state index contributed by atoms with van der Waals surface area (Å²) in [6.07, 6.45) is 0. The van der Waals surface area contributed by atoms with Gasteiger partial charge in [0.1, 0.15) is 5.75 Å². The van der Waals surface area contributed by atoms with Crippen LogP contribution in [0.3, 0.4) is 0 Å². The zero-order valence-electron chi connectivity index (χ0n) is 12.6. The van der Waals surface area contributed by atoms with Gasteiger partial charge in [-0.05, 0) is 47.5 Å². The van der Waals surface area contributed by atoms with Crippen molar-refractivity contribution in [1.82, 2.24) is 0 Å². The lowest BCUT2D eigenvalue weighted by atomic mass is 10.1. The zero-order chi connectivity index (χ0) is 15.5. The van der Waals surface area contributed by atoms with Crippen LogP contribution in [0.25, 0.3) is 10.8 Å². The van der Waals surface area contributed by atoms with Crippen LogP contribution in [0.1, 0.15) is 15.9 Å². The molecule has 0 bridgehead atoms. The quantitative estimate of drug-likeness (QED) is 0.776. The molecule has 0 aliphatic carbocycles. The molecule has 0 aliphatic heterocycles. The topological polar surface area (TPSA) is 38.3 Å². The highest BCUT2D eigenvalue weighted by molar-refractivity contribution is 6.08. The normalized spacial score (nSPS) is 10.5. The van der Waals surface area contributed by atoms with Crippen LogP contribution in [0.4, 0.5) is 5.69 Å². The number of fused-ring (bicyclic) bond motifs is 1. The van der Waals surface area contributed by atoms with E-state index < -0.39 is 0 Å². The highest BCUT2D eigenvalue weighted by atomic mass is 16.5. The molecule has 0 aromatic heterocycles. The molecule has 22 heavy (non-hydrogen) atoms. The molecule has 3 heteroatoms. The molecular weight excluding hydrogens is 274 g/mol. The number of anilines is 1. The molecule has 0 unspecified atom stereocenters. The van der Waals surface area contributed by atoms with Gasteiger partial charge in [-0.3, -0.25) is 4.79 Å². The lowest BCUT2D eigenvalue weighted by molar-refractivity contribution is 0.102. The van der Waals surface area contributed by atoms with E-state index in [1.807, 2.05) is 67.6 Å². The van der Waals surface area contributed by atoms with E-state index in [0.717, 1.165) is 22.0 Å². The van der Waals surface area contributed by atoms with Crippen LogP contribution in [0.5, 0.6) is 5.75 Å². The lowest BCUT2D eigenvalue weighted by Gasteiger charge is -2.11. The molecule has 3 nitrogen and oxygen atoms in total. The van der Waals surface area contributed by atoms with Gasteiger partial charge in [0.2, 0.25) is 0 Å². The minimum Gasteiger partial charge on any atom is -0.496 e. The number of rotatable bonds is 3. The highest BCUT2D eigenvalue weighted by Gasteiger charge is 2.14. The number of ether oxygens (including phenoxy) is 1. The van der Waals surface area contributed by atoms with E-state index in [2.05, 4.69) is 5.32 Å². The van der Waals surface area contributed by atoms with Crippen LogP contribution in [0.2, 0.25) is 0 Å². The number of hydrogen-bond donors (Lipinski definition) is 1. The van der Waals surface area contributed by atoms with Crippen molar-refractivity contribution >= 4 is 22.4 Å². The van der Waals surface area contributed by atoms with E-state index in [4.69, 9.17) is 4.74 Å². The second kappa shape index (κ2) is 5.90. The summed E-state index contributed by atoms with van der Waals surface area (Å²) in [4.78, 5) is 12.6. The van der Waals surface area contributed by atoms with Crippen molar-refractivity contribution in [3.63, 3.8) is 0 Å². The van der Waals surface area contributed by atoms with Gasteiger partial charge in [-0.25, -0.2) is 0 Å². The Bertz CT molecular complexity index is 840. The molecule has 0 heterocycles. The Morgan fingerprint density at radius 1 is 0.955 bits per heavy atom. The Hall–Kier alpha value is -2.81. The van der Waals surface area contributed by atoms with Gasteiger partial charge >= 0.3 is 0 Å². The van der Waals surface area contributed by atoms with Gasteiger partial charge in [-0.15, -0.1) is 0 Å². The molecule has 3 rings (SSSR count). The maximum absolute atomic E-state index is 12.6. The average Bonchev–Trinajstić information content (AvgIpc) is 2.53. The van der Waals surface area contributed by atoms with E-state index in [9.17, 15) is 4.79 Å². The summed E-state index contributed by atoms with van der Waals surface area (Å²) in [5.41, 5.74) is 2.41. The Morgan fingerprint density at radius 3 is 2.36 bits per heavy atom. The minimum atomic E-state index is -0.173. The first-order chi connectivity index (χ1) is 10.7. The summed E-state index contributed by atoms with van der Waals surface area (Å²) in [5, 5.41) is 4.98. The van der Waals surface area contributed by atoms with E-state index >= 15 is 0 Å². The van der Waals surface area contributed by atoms with Gasteiger partial charge in [0.25, 0.3) is 5.91 Å². The van der Waals surface area contributed by atoms with Gasteiger partial charge in [0, 0.05) is 5.69 Å². The molecule has 0 radical (unpaired) electrons. The van der Waals surface area contributed by atoms with E-state index in [-0.39, 0.29) is 5.91 Å². The van der Waals surface area contributed by atoms with Crippen molar-refractivity contribution in [3.05, 3.63) is 71.8 Å². The summed E-state index contributed by atoms with van der Waals surface area (Å²) >= 11 is 0. The minimum absolute atomic E-state index is 0.173. The number of carbonyl (C=O) groups is 1. The van der Waals surface area contributed by atoms with Gasteiger partial charge < -0.3 is 10.1 Å². The number of nitrogens with one attached hydrogen (secondary N) is 1. The molecule has 1 amide bonds. The van der Waals surface area contributed by atoms with Crippen molar-refractivity contribution in [2.75, 3.05) is 12.4 Å². The Labute approximate surface area is 129 Å². The third-order valence-corrected chi connectivity index (χ3v) is 3.59. The number of methoxy groups -OCH3 is 1. The van der Waals surface area contributed by atoms with Crippen LogP contribution < -0.4 is 10.1 Å². The first-order valence-corrected chi connectivity index (χ1v) is 7.12. The van der Waals surface area contributed by atoms with Crippen molar-refractivity contribution in [2.45, 2.75) is 6.92 Å². The molecule has 0 atom stereocenters. The largest absolute Gasteiger partial charge is 0.496 e. The maximum Gasteiger partial charge on any atom is 0.259 e. The van der Waals surface area contributed by atoms with Crippen LogP contribution in [-0.4, -0.2) is 13.0 Å². The third kappa shape index (κ3) is 2.79. The summed E-state index contributed by atoms with van der Waals surface area (Å²) in [7, 11) is 1.58. The Morgan fingerprint density at radius 2 is 1.68 bits per heavy atom. The van der Waals surface area contributed by atoms with Crippen molar-refractivity contribution < 1.29 is 9.53 Å². The number of carbonyl (C=O) groups excluding carboxylic acids is 1. The molecule has 3 aromatic carbocycles. The second-order valence-electron chi connectivity index (χ2n) is 5.22. The first-order valence-electron chi connectivity index (χ1n) is 7.12. The maximum atomic E-state index is 12.6. The molecular formula is C19H17NO2. The summed E-state index contributed by atoms with van der Waals surface area (Å²) in [6.45, 7) is 1.99. The SMILES string of the molecule is COc1cc2ccccc2cc1C(=O)Nc1cccc(C)c1. The molecule has 0 saturated carbocycles. The highest BCUT2D eigenvalue weighted by Crippen LogP contribution is 2.26. The van der Waals surface area contributed by atoms with Crippen LogP contribution in [0, 0.1) is 6.92 Å². The standard InChI is InChI=1S/C19H17NO2/c1-13-6-5-9-16(10-13)20-19(21)17-11-14-7-3-4-8-15(14)12-18(17)22-2/h3-12H,1-2H3,(H,20,21). The smallest absolute Gasteiger partial charge is 0.259 e. The predicted molar refractivity (Wildman–Crippen MR) is 89.6 cm³/mol.